The van der Waals surface area contributed by atoms with Gasteiger partial charge in [0.2, 0.25) is 5.91 Å². The van der Waals surface area contributed by atoms with Crippen molar-refractivity contribution < 1.29 is 22.7 Å². The molecule has 0 radical (unpaired) electrons. The third-order valence-corrected chi connectivity index (χ3v) is 7.83. The quantitative estimate of drug-likeness (QED) is 0.626. The number of benzene rings is 3. The summed E-state index contributed by atoms with van der Waals surface area (Å²) in [7, 11) is -0.592. The minimum absolute atomic E-state index is 0.223. The highest BCUT2D eigenvalue weighted by Gasteiger charge is 2.37. The molecule has 0 saturated heterocycles. The van der Waals surface area contributed by atoms with Crippen LogP contribution in [-0.2, 0) is 27.8 Å². The number of hydrogen-bond acceptors (Lipinski definition) is 5. The van der Waals surface area contributed by atoms with E-state index in [9.17, 15) is 13.2 Å². The second kappa shape index (κ2) is 7.16. The molecule has 0 N–H and O–H groups in total. The Labute approximate surface area is 180 Å². The molecular formula is C23H22N2O5S. The molecule has 3 aromatic rings. The number of hydrogen-bond donors (Lipinski definition) is 0. The monoisotopic (exact) mass is 438 g/mol. The Morgan fingerprint density at radius 2 is 1.68 bits per heavy atom. The van der Waals surface area contributed by atoms with Crippen LogP contribution in [0.4, 0.5) is 5.69 Å². The van der Waals surface area contributed by atoms with E-state index in [0.717, 1.165) is 16.5 Å². The Kier molecular flexibility index (Phi) is 4.55. The van der Waals surface area contributed by atoms with E-state index in [1.807, 2.05) is 30.3 Å². The van der Waals surface area contributed by atoms with Crippen molar-refractivity contribution in [3.05, 3.63) is 59.7 Å². The lowest BCUT2D eigenvalue weighted by Crippen LogP contribution is -2.43. The number of carbonyl (C=O) groups excluding carboxylic acids is 1. The standard InChI is InChI=1S/C23H22N2O5S/c1-29-19-11-16-9-10-24(13-17(16)12-20(19)30-2)22(26)14-25-18-7-3-5-15-6-4-8-21(23(15)18)31(25,27)28/h3-8,11-12H,9-10,13-14H2,1-2H3. The maximum atomic E-state index is 13.2. The van der Waals surface area contributed by atoms with Crippen LogP contribution in [-0.4, -0.2) is 46.5 Å². The number of amides is 1. The van der Waals surface area contributed by atoms with E-state index < -0.39 is 10.0 Å². The average Bonchev–Trinajstić information content (AvgIpc) is 3.00. The van der Waals surface area contributed by atoms with Gasteiger partial charge in [-0.05, 0) is 47.2 Å². The van der Waals surface area contributed by atoms with E-state index in [1.165, 1.54) is 4.31 Å². The summed E-state index contributed by atoms with van der Waals surface area (Å²) in [5.41, 5.74) is 2.64. The van der Waals surface area contributed by atoms with E-state index >= 15 is 0 Å². The molecule has 2 aliphatic heterocycles. The number of methoxy groups -OCH3 is 2. The topological polar surface area (TPSA) is 76.2 Å². The Morgan fingerprint density at radius 3 is 2.39 bits per heavy atom. The molecule has 0 bridgehead atoms. The van der Waals surface area contributed by atoms with Crippen LogP contribution >= 0.6 is 0 Å². The highest BCUT2D eigenvalue weighted by molar-refractivity contribution is 7.93. The van der Waals surface area contributed by atoms with Gasteiger partial charge in [0.15, 0.2) is 11.5 Å². The summed E-state index contributed by atoms with van der Waals surface area (Å²) < 4.78 is 38.3. The van der Waals surface area contributed by atoms with Crippen LogP contribution in [0.1, 0.15) is 11.1 Å². The minimum atomic E-state index is -3.76. The van der Waals surface area contributed by atoms with Crippen LogP contribution in [0.15, 0.2) is 53.4 Å². The maximum Gasteiger partial charge on any atom is 0.265 e. The number of sulfonamides is 1. The van der Waals surface area contributed by atoms with Gasteiger partial charge in [-0.3, -0.25) is 9.10 Å². The number of fused-ring (bicyclic) bond motifs is 1. The van der Waals surface area contributed by atoms with Gasteiger partial charge in [0.1, 0.15) is 6.54 Å². The molecule has 0 spiro atoms. The van der Waals surface area contributed by atoms with Gasteiger partial charge in [-0.15, -0.1) is 0 Å². The number of carbonyl (C=O) groups is 1. The first-order valence-electron chi connectivity index (χ1n) is 10.00. The molecule has 1 amide bonds. The molecule has 0 aromatic heterocycles. The van der Waals surface area contributed by atoms with Crippen LogP contribution in [0.3, 0.4) is 0 Å². The van der Waals surface area contributed by atoms with Crippen molar-refractivity contribution in [1.29, 1.82) is 0 Å². The second-order valence-corrected chi connectivity index (χ2v) is 9.52. The number of anilines is 1. The molecule has 0 saturated carbocycles. The van der Waals surface area contributed by atoms with E-state index in [-0.39, 0.29) is 17.3 Å². The van der Waals surface area contributed by atoms with Gasteiger partial charge in [0.25, 0.3) is 10.0 Å². The molecule has 3 aromatic carbocycles. The molecule has 8 heteroatoms. The van der Waals surface area contributed by atoms with Crippen LogP contribution in [0.5, 0.6) is 11.5 Å². The second-order valence-electron chi connectivity index (χ2n) is 7.68. The first-order chi connectivity index (χ1) is 14.9. The third kappa shape index (κ3) is 3.01. The Balaban J connectivity index is 1.43. The molecule has 2 aliphatic rings. The fraction of sp³-hybridized carbons (Fsp3) is 0.261. The predicted octanol–water partition coefficient (Wildman–Crippen LogP) is 2.95. The molecule has 31 heavy (non-hydrogen) atoms. The maximum absolute atomic E-state index is 13.2. The zero-order valence-electron chi connectivity index (χ0n) is 17.3. The smallest absolute Gasteiger partial charge is 0.265 e. The van der Waals surface area contributed by atoms with E-state index in [0.29, 0.717) is 42.1 Å². The summed E-state index contributed by atoms with van der Waals surface area (Å²) in [5, 5.41) is 1.53. The average molecular weight is 439 g/mol. The van der Waals surface area contributed by atoms with Gasteiger partial charge < -0.3 is 14.4 Å². The van der Waals surface area contributed by atoms with Gasteiger partial charge in [-0.25, -0.2) is 8.42 Å². The molecule has 0 fully saturated rings. The van der Waals surface area contributed by atoms with Gasteiger partial charge >= 0.3 is 0 Å². The van der Waals surface area contributed by atoms with Crippen molar-refractivity contribution in [2.45, 2.75) is 17.9 Å². The van der Waals surface area contributed by atoms with Crippen LogP contribution in [0, 0.1) is 0 Å². The molecule has 2 heterocycles. The summed E-state index contributed by atoms with van der Waals surface area (Å²) in [6.45, 7) is 0.699. The summed E-state index contributed by atoms with van der Waals surface area (Å²) in [4.78, 5) is 15.1. The fourth-order valence-electron chi connectivity index (χ4n) is 4.45. The lowest BCUT2D eigenvalue weighted by Gasteiger charge is -2.31. The Hall–Kier alpha value is -3.26. The summed E-state index contributed by atoms with van der Waals surface area (Å²) >= 11 is 0. The molecule has 0 atom stereocenters. The van der Waals surface area contributed by atoms with Crippen LogP contribution in [0.2, 0.25) is 0 Å². The highest BCUT2D eigenvalue weighted by Crippen LogP contribution is 2.42. The number of rotatable bonds is 4. The summed E-state index contributed by atoms with van der Waals surface area (Å²) in [6.07, 6.45) is 0.671. The summed E-state index contributed by atoms with van der Waals surface area (Å²) in [5.74, 6) is 1.05. The van der Waals surface area contributed by atoms with Crippen LogP contribution < -0.4 is 13.8 Å². The number of nitrogens with zero attached hydrogens (tertiary/aromatic N) is 2. The molecular weight excluding hydrogens is 416 g/mol. The first-order valence-corrected chi connectivity index (χ1v) is 11.4. The van der Waals surface area contributed by atoms with Crippen molar-refractivity contribution in [1.82, 2.24) is 4.90 Å². The van der Waals surface area contributed by atoms with E-state index in [2.05, 4.69) is 0 Å². The lowest BCUT2D eigenvalue weighted by molar-refractivity contribution is -0.130. The Morgan fingerprint density at radius 1 is 1.00 bits per heavy atom. The Bertz CT molecular complexity index is 1310. The van der Waals surface area contributed by atoms with Crippen molar-refractivity contribution in [2.75, 3.05) is 31.6 Å². The molecule has 7 nitrogen and oxygen atoms in total. The lowest BCUT2D eigenvalue weighted by atomic mass is 9.98. The summed E-state index contributed by atoms with van der Waals surface area (Å²) in [6, 6.07) is 14.5. The van der Waals surface area contributed by atoms with Gasteiger partial charge in [0, 0.05) is 18.5 Å². The van der Waals surface area contributed by atoms with Crippen molar-refractivity contribution in [3.8, 4) is 11.5 Å². The fourth-order valence-corrected chi connectivity index (χ4v) is 6.11. The zero-order chi connectivity index (χ0) is 21.8. The molecule has 160 valence electrons. The molecule has 0 unspecified atom stereocenters. The van der Waals surface area contributed by atoms with E-state index in [1.54, 1.807) is 37.3 Å². The van der Waals surface area contributed by atoms with Crippen molar-refractivity contribution in [2.24, 2.45) is 0 Å². The predicted molar refractivity (Wildman–Crippen MR) is 117 cm³/mol. The van der Waals surface area contributed by atoms with Gasteiger partial charge in [0.05, 0.1) is 24.8 Å². The van der Waals surface area contributed by atoms with Crippen molar-refractivity contribution in [3.63, 3.8) is 0 Å². The SMILES string of the molecule is COc1cc2c(cc1OC)CN(C(=O)CN1c3cccc4cccc(c34)S1(=O)=O)CC2. The normalized spacial score (nSPS) is 16.3. The van der Waals surface area contributed by atoms with Gasteiger partial charge in [-0.1, -0.05) is 24.3 Å². The first kappa shape index (κ1) is 19.7. The molecule has 0 aliphatic carbocycles. The van der Waals surface area contributed by atoms with Crippen molar-refractivity contribution >= 4 is 32.4 Å². The largest absolute Gasteiger partial charge is 0.493 e. The van der Waals surface area contributed by atoms with Gasteiger partial charge in [-0.2, -0.15) is 0 Å². The number of ether oxygens (including phenoxy) is 2. The van der Waals surface area contributed by atoms with Crippen LogP contribution in [0.25, 0.3) is 10.8 Å². The highest BCUT2D eigenvalue weighted by atomic mass is 32.2. The third-order valence-electron chi connectivity index (χ3n) is 6.03. The zero-order valence-corrected chi connectivity index (χ0v) is 18.1. The molecule has 5 rings (SSSR count). The minimum Gasteiger partial charge on any atom is -0.493 e. The van der Waals surface area contributed by atoms with E-state index in [4.69, 9.17) is 9.47 Å².